The normalized spacial score (nSPS) is 11.6. The van der Waals surface area contributed by atoms with Crippen molar-refractivity contribution in [3.8, 4) is 0 Å². The second-order valence-electron chi connectivity index (χ2n) is 9.91. The first-order chi connectivity index (χ1) is 19.8. The Morgan fingerprint density at radius 2 is 1.49 bits per heavy atom. The van der Waals surface area contributed by atoms with Crippen LogP contribution in [0.2, 0.25) is 0 Å². The highest BCUT2D eigenvalue weighted by Crippen LogP contribution is 2.31. The van der Waals surface area contributed by atoms with Crippen LogP contribution in [0.5, 0.6) is 0 Å². The maximum atomic E-state index is 13.6. The van der Waals surface area contributed by atoms with E-state index in [0.29, 0.717) is 23.6 Å². The minimum Gasteiger partial charge on any atom is -0.399 e. The summed E-state index contributed by atoms with van der Waals surface area (Å²) < 4.78 is 29.2. The van der Waals surface area contributed by atoms with E-state index in [1.807, 2.05) is 53.1 Å². The van der Waals surface area contributed by atoms with Gasteiger partial charge in [-0.2, -0.15) is 0 Å². The van der Waals surface area contributed by atoms with E-state index in [9.17, 15) is 13.2 Å². The summed E-state index contributed by atoms with van der Waals surface area (Å²) in [6, 6.07) is 34.1. The van der Waals surface area contributed by atoms with Gasteiger partial charge in [-0.05, 0) is 82.6 Å². The Morgan fingerprint density at radius 1 is 0.756 bits per heavy atom. The van der Waals surface area contributed by atoms with Gasteiger partial charge in [-0.25, -0.2) is 8.42 Å². The van der Waals surface area contributed by atoms with E-state index < -0.39 is 9.84 Å². The molecule has 0 unspecified atom stereocenters. The van der Waals surface area contributed by atoms with Crippen molar-refractivity contribution in [1.82, 2.24) is 4.57 Å². The maximum absolute atomic E-state index is 13.6. The van der Waals surface area contributed by atoms with Gasteiger partial charge in [0.15, 0.2) is 0 Å². The average Bonchev–Trinajstić information content (AvgIpc) is 3.36. The number of nitrogens with zero attached hydrogens (tertiary/aromatic N) is 1. The van der Waals surface area contributed by atoms with Crippen LogP contribution in [0.25, 0.3) is 21.7 Å². The van der Waals surface area contributed by atoms with E-state index >= 15 is 0 Å². The number of sulfone groups is 1. The first-order valence-electron chi connectivity index (χ1n) is 13.1. The lowest BCUT2D eigenvalue weighted by Crippen LogP contribution is -2.18. The first-order valence-corrected chi connectivity index (χ1v) is 14.6. The molecule has 0 spiro atoms. The van der Waals surface area contributed by atoms with Gasteiger partial charge in [0.05, 0.1) is 9.79 Å². The quantitative estimate of drug-likeness (QED) is 0.208. The Balaban J connectivity index is 1.51. The summed E-state index contributed by atoms with van der Waals surface area (Å²) in [5, 5.41) is 5.54. The van der Waals surface area contributed by atoms with Crippen molar-refractivity contribution in [2.75, 3.05) is 11.1 Å². The molecule has 0 aliphatic rings. The van der Waals surface area contributed by atoms with Crippen molar-refractivity contribution in [3.63, 3.8) is 0 Å². The van der Waals surface area contributed by atoms with Gasteiger partial charge < -0.3 is 21.4 Å². The number of hydrogen-bond acceptors (Lipinski definition) is 5. The van der Waals surface area contributed by atoms with E-state index in [1.165, 1.54) is 0 Å². The predicted molar refractivity (Wildman–Crippen MR) is 164 cm³/mol. The van der Waals surface area contributed by atoms with E-state index in [-0.39, 0.29) is 22.2 Å². The molecule has 0 atom stereocenters. The van der Waals surface area contributed by atoms with Crippen LogP contribution in [0.4, 0.5) is 11.4 Å². The number of fused-ring (bicyclic) bond motifs is 2. The van der Waals surface area contributed by atoms with Crippen molar-refractivity contribution >= 4 is 48.8 Å². The summed E-state index contributed by atoms with van der Waals surface area (Å²) in [6.07, 6.45) is 0. The number of carbonyl (C=O) groups excluding carboxylic acids is 1. The standard InChI is InChI=1S/C33H28N4O3S/c34-20-22-10-11-24-19-32(33(38)36-27-14-12-26(35)13-15-27)37(31(24)16-22)21-25-18-29(17-23-6-4-5-9-30(23)25)41(39,40)28-7-2-1-3-8-28/h1-19H,20-21,34-35H2,(H,36,38). The molecule has 0 aliphatic heterocycles. The maximum Gasteiger partial charge on any atom is 0.272 e. The predicted octanol–water partition coefficient (Wildman–Crippen LogP) is 5.97. The highest BCUT2D eigenvalue weighted by molar-refractivity contribution is 7.91. The number of nitrogens with two attached hydrogens (primary N) is 2. The number of amides is 1. The molecular formula is C33H28N4O3S. The SMILES string of the molecule is NCc1ccc2cc(C(=O)Nc3ccc(N)cc3)n(Cc3cc(S(=O)(=O)c4ccccc4)cc4ccccc34)c2c1. The number of nitrogen functional groups attached to an aromatic ring is 1. The third-order valence-electron chi connectivity index (χ3n) is 7.22. The summed E-state index contributed by atoms with van der Waals surface area (Å²) >= 11 is 0. The fourth-order valence-corrected chi connectivity index (χ4v) is 6.47. The molecular weight excluding hydrogens is 532 g/mol. The van der Waals surface area contributed by atoms with Crippen molar-refractivity contribution in [3.05, 3.63) is 132 Å². The van der Waals surface area contributed by atoms with Crippen LogP contribution in [0.3, 0.4) is 0 Å². The molecule has 0 saturated carbocycles. The molecule has 1 amide bonds. The van der Waals surface area contributed by atoms with Crippen LogP contribution in [0, 0.1) is 0 Å². The lowest BCUT2D eigenvalue weighted by Gasteiger charge is -2.16. The molecule has 8 heteroatoms. The summed E-state index contributed by atoms with van der Waals surface area (Å²) in [7, 11) is -3.77. The van der Waals surface area contributed by atoms with Gasteiger partial charge >= 0.3 is 0 Å². The fraction of sp³-hybridized carbons (Fsp3) is 0.0606. The van der Waals surface area contributed by atoms with Gasteiger partial charge in [0.1, 0.15) is 5.69 Å². The van der Waals surface area contributed by atoms with Gasteiger partial charge in [0.25, 0.3) is 5.91 Å². The zero-order valence-corrected chi connectivity index (χ0v) is 22.9. The molecule has 5 N–H and O–H groups in total. The minimum absolute atomic E-state index is 0.199. The third kappa shape index (κ3) is 5.06. The monoisotopic (exact) mass is 560 g/mol. The molecule has 0 fully saturated rings. The average molecular weight is 561 g/mol. The molecule has 1 aromatic heterocycles. The van der Waals surface area contributed by atoms with Crippen LogP contribution >= 0.6 is 0 Å². The van der Waals surface area contributed by atoms with Crippen LogP contribution in [-0.4, -0.2) is 18.9 Å². The molecule has 7 nitrogen and oxygen atoms in total. The molecule has 6 aromatic rings. The van der Waals surface area contributed by atoms with Crippen LogP contribution in [0.1, 0.15) is 21.6 Å². The molecule has 0 radical (unpaired) electrons. The van der Waals surface area contributed by atoms with Gasteiger partial charge in [-0.1, -0.05) is 54.6 Å². The second-order valence-corrected chi connectivity index (χ2v) is 11.9. The van der Waals surface area contributed by atoms with Crippen LogP contribution in [0.15, 0.2) is 125 Å². The number of benzene rings is 5. The Kier molecular flexibility index (Phi) is 6.78. The highest BCUT2D eigenvalue weighted by Gasteiger charge is 2.22. The summed E-state index contributed by atoms with van der Waals surface area (Å²) in [4.78, 5) is 14.0. The summed E-state index contributed by atoms with van der Waals surface area (Å²) in [6.45, 7) is 0.614. The van der Waals surface area contributed by atoms with Gasteiger partial charge in [0, 0.05) is 35.4 Å². The van der Waals surface area contributed by atoms with E-state index in [2.05, 4.69) is 5.32 Å². The largest absolute Gasteiger partial charge is 0.399 e. The number of nitrogens with one attached hydrogen (secondary N) is 1. The Labute approximate surface area is 237 Å². The lowest BCUT2D eigenvalue weighted by atomic mass is 10.0. The number of rotatable bonds is 7. The van der Waals surface area contributed by atoms with Crippen LogP contribution < -0.4 is 16.8 Å². The van der Waals surface area contributed by atoms with E-state index in [0.717, 1.165) is 32.8 Å². The molecule has 1 heterocycles. The van der Waals surface area contributed by atoms with E-state index in [4.69, 9.17) is 11.5 Å². The van der Waals surface area contributed by atoms with Crippen molar-refractivity contribution < 1.29 is 13.2 Å². The molecule has 5 aromatic carbocycles. The Hall–Kier alpha value is -4.92. The zero-order valence-electron chi connectivity index (χ0n) is 22.1. The smallest absolute Gasteiger partial charge is 0.272 e. The Morgan fingerprint density at radius 3 is 2.24 bits per heavy atom. The van der Waals surface area contributed by atoms with Crippen molar-refractivity contribution in [1.29, 1.82) is 0 Å². The minimum atomic E-state index is -3.77. The molecule has 6 rings (SSSR count). The van der Waals surface area contributed by atoms with Crippen LogP contribution in [-0.2, 0) is 22.9 Å². The summed E-state index contributed by atoms with van der Waals surface area (Å²) in [5.74, 6) is -0.294. The molecule has 0 bridgehead atoms. The second kappa shape index (κ2) is 10.6. The molecule has 0 saturated heterocycles. The fourth-order valence-electron chi connectivity index (χ4n) is 5.10. The Bertz CT molecular complexity index is 2020. The number of carbonyl (C=O) groups is 1. The lowest BCUT2D eigenvalue weighted by molar-refractivity contribution is 0.101. The van der Waals surface area contributed by atoms with Gasteiger partial charge in [-0.3, -0.25) is 4.79 Å². The molecule has 0 aliphatic carbocycles. The molecule has 204 valence electrons. The van der Waals surface area contributed by atoms with Gasteiger partial charge in [-0.15, -0.1) is 0 Å². The number of aromatic nitrogens is 1. The highest BCUT2D eigenvalue weighted by atomic mass is 32.2. The third-order valence-corrected chi connectivity index (χ3v) is 8.97. The van der Waals surface area contributed by atoms with Gasteiger partial charge in [0.2, 0.25) is 9.84 Å². The topological polar surface area (TPSA) is 120 Å². The van der Waals surface area contributed by atoms with Crippen molar-refractivity contribution in [2.45, 2.75) is 22.9 Å². The first kappa shape index (κ1) is 26.3. The molecule has 41 heavy (non-hydrogen) atoms. The summed E-state index contributed by atoms with van der Waals surface area (Å²) in [5.41, 5.74) is 15.9. The number of anilines is 2. The van der Waals surface area contributed by atoms with Crippen molar-refractivity contribution in [2.24, 2.45) is 5.73 Å². The van der Waals surface area contributed by atoms with E-state index in [1.54, 1.807) is 66.7 Å². The zero-order chi connectivity index (χ0) is 28.6. The number of hydrogen-bond donors (Lipinski definition) is 3.